The van der Waals surface area contributed by atoms with Crippen molar-refractivity contribution in [2.75, 3.05) is 11.9 Å². The molecule has 46 heavy (non-hydrogen) atoms. The Kier molecular flexibility index (Phi) is 11.8. The van der Waals surface area contributed by atoms with Gasteiger partial charge < -0.3 is 31.5 Å². The highest BCUT2D eigenvalue weighted by molar-refractivity contribution is 5.98. The van der Waals surface area contributed by atoms with Crippen molar-refractivity contribution < 1.29 is 33.8 Å². The van der Waals surface area contributed by atoms with Crippen LogP contribution in [0.15, 0.2) is 103 Å². The normalized spacial score (nSPS) is 11.9. The predicted molar refractivity (Wildman–Crippen MR) is 170 cm³/mol. The Labute approximate surface area is 265 Å². The first-order chi connectivity index (χ1) is 22.1. The van der Waals surface area contributed by atoms with Crippen LogP contribution in [0.1, 0.15) is 23.1 Å². The molecule has 0 aliphatic rings. The van der Waals surface area contributed by atoms with Crippen molar-refractivity contribution in [1.82, 2.24) is 16.0 Å². The number of para-hydroxylation sites is 1. The van der Waals surface area contributed by atoms with Gasteiger partial charge >= 0.3 is 0 Å². The average Bonchev–Trinajstić information content (AvgIpc) is 3.05. The predicted octanol–water partition coefficient (Wildman–Crippen LogP) is 3.38. The number of halogens is 1. The van der Waals surface area contributed by atoms with E-state index in [0.717, 1.165) is 5.56 Å². The lowest BCUT2D eigenvalue weighted by molar-refractivity contribution is -0.131. The molecule has 0 radical (unpaired) electrons. The van der Waals surface area contributed by atoms with E-state index in [-0.39, 0.29) is 36.6 Å². The Morgan fingerprint density at radius 1 is 0.609 bits per heavy atom. The van der Waals surface area contributed by atoms with Crippen LogP contribution in [0.25, 0.3) is 0 Å². The second-order valence-electron chi connectivity index (χ2n) is 10.7. The number of nitrogens with one attached hydrogen (secondary N) is 4. The monoisotopic (exact) mass is 626 g/mol. The minimum Gasteiger partial charge on any atom is -0.508 e. The first-order valence-electron chi connectivity index (χ1n) is 14.7. The first kappa shape index (κ1) is 33.2. The van der Waals surface area contributed by atoms with Gasteiger partial charge in [0, 0.05) is 24.9 Å². The van der Waals surface area contributed by atoms with Gasteiger partial charge in [-0.3, -0.25) is 19.2 Å². The molecule has 10 nitrogen and oxygen atoms in total. The highest BCUT2D eigenvalue weighted by atomic mass is 19.1. The van der Waals surface area contributed by atoms with E-state index in [1.54, 1.807) is 66.7 Å². The Morgan fingerprint density at radius 2 is 1.11 bits per heavy atom. The van der Waals surface area contributed by atoms with E-state index in [2.05, 4.69) is 21.3 Å². The summed E-state index contributed by atoms with van der Waals surface area (Å²) in [5.74, 6) is -2.43. The van der Waals surface area contributed by atoms with E-state index in [1.807, 2.05) is 0 Å². The third-order valence-electron chi connectivity index (χ3n) is 7.07. The summed E-state index contributed by atoms with van der Waals surface area (Å²) in [6.07, 6.45) is 0.571. The SMILES string of the molecule is O=C(CCc1ccc(F)cc1)N[C@@H](Cc1ccc(O)cc1)C(=O)NCC(=O)N[C@@H](Cc1ccc(O)cc1)C(=O)Nc1ccccc1. The van der Waals surface area contributed by atoms with Crippen LogP contribution in [0, 0.1) is 5.82 Å². The Hall–Kier alpha value is -5.71. The molecule has 0 heterocycles. The van der Waals surface area contributed by atoms with Gasteiger partial charge in [-0.25, -0.2) is 4.39 Å². The molecule has 0 aliphatic heterocycles. The van der Waals surface area contributed by atoms with Crippen LogP contribution in [0.4, 0.5) is 10.1 Å². The zero-order valence-electron chi connectivity index (χ0n) is 24.9. The van der Waals surface area contributed by atoms with Crippen LogP contribution in [-0.2, 0) is 38.4 Å². The number of phenolic OH excluding ortho intramolecular Hbond substituents is 2. The van der Waals surface area contributed by atoms with Crippen LogP contribution in [0.2, 0.25) is 0 Å². The second-order valence-corrected chi connectivity index (χ2v) is 10.7. The molecule has 238 valence electrons. The van der Waals surface area contributed by atoms with E-state index in [1.165, 1.54) is 36.4 Å². The molecular weight excluding hydrogens is 591 g/mol. The van der Waals surface area contributed by atoms with Gasteiger partial charge in [-0.1, -0.05) is 54.6 Å². The van der Waals surface area contributed by atoms with Crippen LogP contribution < -0.4 is 21.3 Å². The molecule has 0 unspecified atom stereocenters. The lowest BCUT2D eigenvalue weighted by Crippen LogP contribution is -2.52. The van der Waals surface area contributed by atoms with Crippen molar-refractivity contribution in [3.05, 3.63) is 126 Å². The van der Waals surface area contributed by atoms with Crippen LogP contribution in [0.5, 0.6) is 11.5 Å². The fourth-order valence-corrected chi connectivity index (χ4v) is 4.62. The standard InChI is InChI=1S/C35H35FN4O6/c36-26-13-6-23(7-14-26)12-19-32(43)39-30(20-24-8-15-28(41)16-9-24)34(45)37-22-33(44)40-31(21-25-10-17-29(42)18-11-25)35(46)38-27-4-2-1-3-5-27/h1-11,13-18,30-31,41-42H,12,19-22H2,(H,37,45)(H,38,46)(H,39,43)(H,40,44)/t30-,31-/m0/s1. The number of rotatable bonds is 14. The maximum atomic E-state index is 13.3. The van der Waals surface area contributed by atoms with Gasteiger partial charge in [0.25, 0.3) is 0 Å². The molecule has 0 saturated heterocycles. The minimum atomic E-state index is -1.05. The maximum Gasteiger partial charge on any atom is 0.247 e. The van der Waals surface area contributed by atoms with Gasteiger partial charge in [0.2, 0.25) is 23.6 Å². The first-order valence-corrected chi connectivity index (χ1v) is 14.7. The van der Waals surface area contributed by atoms with Crippen molar-refractivity contribution in [3.8, 4) is 11.5 Å². The molecule has 6 N–H and O–H groups in total. The Bertz CT molecular complexity index is 1610. The number of hydrogen-bond acceptors (Lipinski definition) is 6. The van der Waals surface area contributed by atoms with E-state index >= 15 is 0 Å². The molecule has 0 aliphatic carbocycles. The van der Waals surface area contributed by atoms with Crippen molar-refractivity contribution in [2.24, 2.45) is 0 Å². The molecule has 11 heteroatoms. The highest BCUT2D eigenvalue weighted by Crippen LogP contribution is 2.14. The second kappa shape index (κ2) is 16.4. The maximum absolute atomic E-state index is 13.3. The molecule has 4 aromatic rings. The third-order valence-corrected chi connectivity index (χ3v) is 7.07. The number of anilines is 1. The van der Waals surface area contributed by atoms with Crippen LogP contribution in [0.3, 0.4) is 0 Å². The number of aromatic hydroxyl groups is 2. The number of benzene rings is 4. The molecule has 2 atom stereocenters. The molecule has 0 fully saturated rings. The molecule has 0 saturated carbocycles. The molecule has 0 bridgehead atoms. The van der Waals surface area contributed by atoms with E-state index in [4.69, 9.17) is 0 Å². The van der Waals surface area contributed by atoms with Crippen LogP contribution >= 0.6 is 0 Å². The molecule has 4 aromatic carbocycles. The van der Waals surface area contributed by atoms with Crippen molar-refractivity contribution in [2.45, 2.75) is 37.8 Å². The summed E-state index contributed by atoms with van der Waals surface area (Å²) < 4.78 is 13.2. The topological polar surface area (TPSA) is 157 Å². The van der Waals surface area contributed by atoms with Gasteiger partial charge in [0.1, 0.15) is 29.4 Å². The zero-order chi connectivity index (χ0) is 32.9. The summed E-state index contributed by atoms with van der Waals surface area (Å²) in [5.41, 5.74) is 2.64. The average molecular weight is 627 g/mol. The smallest absolute Gasteiger partial charge is 0.247 e. The fraction of sp³-hybridized carbons (Fsp3) is 0.200. The third kappa shape index (κ3) is 10.8. The molecule has 4 amide bonds. The summed E-state index contributed by atoms with van der Waals surface area (Å²) in [5, 5.41) is 29.9. The van der Waals surface area contributed by atoms with E-state index in [0.29, 0.717) is 23.2 Å². The lowest BCUT2D eigenvalue weighted by Gasteiger charge is -2.21. The highest BCUT2D eigenvalue weighted by Gasteiger charge is 2.25. The van der Waals surface area contributed by atoms with Gasteiger partial charge in [-0.05, 0) is 71.6 Å². The summed E-state index contributed by atoms with van der Waals surface area (Å²) in [6, 6.07) is 24.8. The van der Waals surface area contributed by atoms with Gasteiger partial charge in [-0.15, -0.1) is 0 Å². The van der Waals surface area contributed by atoms with Crippen LogP contribution in [-0.4, -0.2) is 52.5 Å². The molecule has 4 rings (SSSR count). The number of phenols is 2. The number of carbonyl (C=O) groups excluding carboxylic acids is 4. The van der Waals surface area contributed by atoms with E-state index in [9.17, 15) is 33.8 Å². The molecule has 0 aromatic heterocycles. The summed E-state index contributed by atoms with van der Waals surface area (Å²) in [7, 11) is 0. The summed E-state index contributed by atoms with van der Waals surface area (Å²) in [6.45, 7) is -0.471. The Balaban J connectivity index is 1.39. The minimum absolute atomic E-state index is 0.0426. The zero-order valence-corrected chi connectivity index (χ0v) is 24.9. The van der Waals surface area contributed by atoms with Crippen molar-refractivity contribution >= 4 is 29.3 Å². The van der Waals surface area contributed by atoms with Gasteiger partial charge in [0.05, 0.1) is 6.54 Å². The number of carbonyl (C=O) groups is 4. The molecular formula is C35H35FN4O6. The number of hydrogen-bond donors (Lipinski definition) is 6. The number of amides is 4. The van der Waals surface area contributed by atoms with Gasteiger partial charge in [-0.2, -0.15) is 0 Å². The quantitative estimate of drug-likeness (QED) is 0.126. The van der Waals surface area contributed by atoms with Crippen molar-refractivity contribution in [1.29, 1.82) is 0 Å². The Morgan fingerprint density at radius 3 is 1.67 bits per heavy atom. The lowest BCUT2D eigenvalue weighted by atomic mass is 10.0. The fourth-order valence-electron chi connectivity index (χ4n) is 4.62. The summed E-state index contributed by atoms with van der Waals surface area (Å²) in [4.78, 5) is 52.2. The van der Waals surface area contributed by atoms with Gasteiger partial charge in [0.15, 0.2) is 0 Å². The largest absolute Gasteiger partial charge is 0.508 e. The van der Waals surface area contributed by atoms with Crippen molar-refractivity contribution in [3.63, 3.8) is 0 Å². The van der Waals surface area contributed by atoms with E-state index < -0.39 is 42.3 Å². The molecule has 0 spiro atoms. The number of aryl methyl sites for hydroxylation is 1. The summed E-state index contributed by atoms with van der Waals surface area (Å²) >= 11 is 0.